The van der Waals surface area contributed by atoms with E-state index in [2.05, 4.69) is 78.3 Å². The molecule has 3 atom stereocenters. The van der Waals surface area contributed by atoms with Crippen molar-refractivity contribution in [1.29, 1.82) is 0 Å². The molecule has 0 aromatic rings. The van der Waals surface area contributed by atoms with Crippen molar-refractivity contribution in [2.45, 2.75) is 104 Å². The molecule has 28 heavy (non-hydrogen) atoms. The van der Waals surface area contributed by atoms with Gasteiger partial charge < -0.3 is 9.53 Å². The molecule has 0 aromatic heterocycles. The fraction of sp³-hybridized carbons (Fsp3) is 0.680. The second-order valence-electron chi connectivity index (χ2n) is 9.98. The third-order valence-electron chi connectivity index (χ3n) is 6.17. The first-order chi connectivity index (χ1) is 12.8. The van der Waals surface area contributed by atoms with E-state index in [0.29, 0.717) is 6.42 Å². The first-order valence-corrected chi connectivity index (χ1v) is 13.6. The van der Waals surface area contributed by atoms with Gasteiger partial charge in [0, 0.05) is 12.3 Å². The summed E-state index contributed by atoms with van der Waals surface area (Å²) in [5, 5.41) is 10.8. The molecule has 1 N–H and O–H groups in total. The molecule has 0 aliphatic heterocycles. The summed E-state index contributed by atoms with van der Waals surface area (Å²) in [5.74, 6) is 6.33. The fourth-order valence-electron chi connectivity index (χ4n) is 3.16. The normalized spacial score (nSPS) is 29.4. The lowest BCUT2D eigenvalue weighted by atomic mass is 9.89. The lowest BCUT2D eigenvalue weighted by Gasteiger charge is -2.38. The highest BCUT2D eigenvalue weighted by Crippen LogP contribution is 2.38. The first-order valence-electron chi connectivity index (χ1n) is 10.7. The van der Waals surface area contributed by atoms with Gasteiger partial charge in [-0.3, -0.25) is 0 Å². The molecule has 1 unspecified atom stereocenters. The average Bonchev–Trinajstić information content (AvgIpc) is 2.52. The maximum Gasteiger partial charge on any atom is 0.192 e. The molecule has 1 rings (SSSR count). The minimum atomic E-state index is -1.89. The average molecular weight is 403 g/mol. The van der Waals surface area contributed by atoms with Gasteiger partial charge in [0.2, 0.25) is 0 Å². The van der Waals surface area contributed by atoms with Crippen LogP contribution in [0.5, 0.6) is 0 Å². The lowest BCUT2D eigenvalue weighted by Crippen LogP contribution is -2.43. The van der Waals surface area contributed by atoms with E-state index in [1.807, 2.05) is 6.92 Å². The number of hydrogen-bond acceptors (Lipinski definition) is 2. The molecule has 1 aliphatic carbocycles. The molecular formula is C25H42O2Si. The van der Waals surface area contributed by atoms with E-state index in [1.165, 1.54) is 11.1 Å². The van der Waals surface area contributed by atoms with Crippen LogP contribution in [0.4, 0.5) is 0 Å². The summed E-state index contributed by atoms with van der Waals surface area (Å²) >= 11 is 0. The van der Waals surface area contributed by atoms with Crippen molar-refractivity contribution in [2.75, 3.05) is 0 Å². The molecule has 0 spiro atoms. The molecule has 0 saturated carbocycles. The van der Waals surface area contributed by atoms with Crippen LogP contribution in [0.25, 0.3) is 0 Å². The molecule has 158 valence electrons. The first kappa shape index (κ1) is 25.0. The topological polar surface area (TPSA) is 29.5 Å². The maximum absolute atomic E-state index is 10.6. The van der Waals surface area contributed by atoms with E-state index < -0.39 is 14.4 Å². The Morgan fingerprint density at radius 1 is 1.21 bits per heavy atom. The van der Waals surface area contributed by atoms with Crippen LogP contribution < -0.4 is 0 Å². The number of aliphatic hydroxyl groups is 1. The van der Waals surface area contributed by atoms with Crippen molar-refractivity contribution >= 4 is 8.32 Å². The standard InChI is InChI=1S/C25H42O2Si/c1-19(2)23-17-16-20(3)12-10-13-21(4)18-22(14-11-15-24(23)26)27-28(8,9)25(5,6)7/h12,18,22-24,26H,1,10,13-14,16-17H2,2-9H3/b20-12+,21-18+/t22-,23?,24+/m1/s1. The van der Waals surface area contributed by atoms with Crippen molar-refractivity contribution < 1.29 is 9.53 Å². The van der Waals surface area contributed by atoms with Gasteiger partial charge in [-0.15, -0.1) is 0 Å². The van der Waals surface area contributed by atoms with Gasteiger partial charge in [-0.25, -0.2) is 0 Å². The van der Waals surface area contributed by atoms with Gasteiger partial charge in [0.1, 0.15) is 6.10 Å². The van der Waals surface area contributed by atoms with Crippen LogP contribution >= 0.6 is 0 Å². The highest BCUT2D eigenvalue weighted by atomic mass is 28.4. The van der Waals surface area contributed by atoms with Gasteiger partial charge in [0.05, 0.1) is 6.10 Å². The van der Waals surface area contributed by atoms with E-state index in [-0.39, 0.29) is 17.1 Å². The Balaban J connectivity index is 3.15. The fourth-order valence-corrected chi connectivity index (χ4v) is 4.42. The van der Waals surface area contributed by atoms with Crippen LogP contribution in [0.3, 0.4) is 0 Å². The monoisotopic (exact) mass is 402 g/mol. The van der Waals surface area contributed by atoms with Crippen molar-refractivity contribution in [3.63, 3.8) is 0 Å². The molecule has 0 amide bonds. The molecule has 2 nitrogen and oxygen atoms in total. The highest BCUT2D eigenvalue weighted by molar-refractivity contribution is 6.74. The summed E-state index contributed by atoms with van der Waals surface area (Å²) in [6.45, 7) is 21.8. The summed E-state index contributed by atoms with van der Waals surface area (Å²) in [4.78, 5) is 0. The largest absolute Gasteiger partial charge is 0.410 e. The Hall–Kier alpha value is -1.08. The smallest absolute Gasteiger partial charge is 0.192 e. The molecule has 0 heterocycles. The Labute approximate surface area is 175 Å². The molecule has 1 aliphatic rings. The number of hydrogen-bond donors (Lipinski definition) is 1. The molecule has 0 saturated heterocycles. The lowest BCUT2D eigenvalue weighted by molar-refractivity contribution is 0.174. The van der Waals surface area contributed by atoms with E-state index in [0.717, 1.165) is 31.3 Å². The van der Waals surface area contributed by atoms with E-state index >= 15 is 0 Å². The van der Waals surface area contributed by atoms with Crippen LogP contribution in [-0.4, -0.2) is 25.6 Å². The zero-order valence-corrected chi connectivity index (χ0v) is 20.5. The van der Waals surface area contributed by atoms with E-state index in [9.17, 15) is 5.11 Å². The molecule has 3 heteroatoms. The maximum atomic E-state index is 10.6. The predicted octanol–water partition coefficient (Wildman–Crippen LogP) is 6.79. The minimum Gasteiger partial charge on any atom is -0.410 e. The van der Waals surface area contributed by atoms with Gasteiger partial charge in [-0.2, -0.15) is 0 Å². The number of rotatable bonds is 3. The van der Waals surface area contributed by atoms with Gasteiger partial charge in [0.25, 0.3) is 0 Å². The second-order valence-corrected chi connectivity index (χ2v) is 14.7. The number of aliphatic hydroxyl groups excluding tert-OH is 1. The number of allylic oxidation sites excluding steroid dienone is 3. The van der Waals surface area contributed by atoms with Gasteiger partial charge in [-0.05, 0) is 64.6 Å². The highest BCUT2D eigenvalue weighted by Gasteiger charge is 2.38. The van der Waals surface area contributed by atoms with Crippen LogP contribution in [0.2, 0.25) is 18.1 Å². The van der Waals surface area contributed by atoms with Crippen molar-refractivity contribution in [3.05, 3.63) is 35.5 Å². The van der Waals surface area contributed by atoms with Crippen LogP contribution in [-0.2, 0) is 4.43 Å². The van der Waals surface area contributed by atoms with Gasteiger partial charge in [-0.1, -0.05) is 68.1 Å². The third-order valence-corrected chi connectivity index (χ3v) is 10.7. The Kier molecular flexibility index (Phi) is 9.47. The SMILES string of the molecule is C=C(C)C1CC/C(C)=C/CC/C(C)=C/[C@H](O[Si](C)(C)C(C)(C)C)CC#C[C@@H]1O. The summed E-state index contributed by atoms with van der Waals surface area (Å²) in [7, 11) is -1.89. The Morgan fingerprint density at radius 2 is 1.86 bits per heavy atom. The summed E-state index contributed by atoms with van der Waals surface area (Å²) < 4.78 is 6.65. The molecule has 0 bridgehead atoms. The summed E-state index contributed by atoms with van der Waals surface area (Å²) in [6.07, 6.45) is 8.51. The van der Waals surface area contributed by atoms with Crippen LogP contribution in [0.15, 0.2) is 35.5 Å². The van der Waals surface area contributed by atoms with E-state index in [4.69, 9.17) is 4.43 Å². The van der Waals surface area contributed by atoms with Crippen LogP contribution in [0.1, 0.15) is 73.6 Å². The van der Waals surface area contributed by atoms with Crippen molar-refractivity contribution in [3.8, 4) is 11.8 Å². The zero-order valence-electron chi connectivity index (χ0n) is 19.5. The van der Waals surface area contributed by atoms with E-state index in [1.54, 1.807) is 0 Å². The predicted molar refractivity (Wildman–Crippen MR) is 125 cm³/mol. The quantitative estimate of drug-likeness (QED) is 0.320. The summed E-state index contributed by atoms with van der Waals surface area (Å²) in [5.41, 5.74) is 3.74. The van der Waals surface area contributed by atoms with Crippen molar-refractivity contribution in [1.82, 2.24) is 0 Å². The van der Waals surface area contributed by atoms with Gasteiger partial charge in [0.15, 0.2) is 8.32 Å². The molecule has 0 radical (unpaired) electrons. The second kappa shape index (κ2) is 10.6. The zero-order chi connectivity index (χ0) is 21.5. The molecular weight excluding hydrogens is 360 g/mol. The van der Waals surface area contributed by atoms with Crippen molar-refractivity contribution in [2.24, 2.45) is 5.92 Å². The Bertz CT molecular complexity index is 652. The minimum absolute atomic E-state index is 0.0168. The molecule has 0 aromatic carbocycles. The third kappa shape index (κ3) is 8.11. The summed E-state index contributed by atoms with van der Waals surface area (Å²) in [6, 6.07) is 0. The van der Waals surface area contributed by atoms with Crippen LogP contribution in [0, 0.1) is 17.8 Å². The van der Waals surface area contributed by atoms with Gasteiger partial charge >= 0.3 is 0 Å². The molecule has 0 fully saturated rings. The Morgan fingerprint density at radius 3 is 2.43 bits per heavy atom.